The standard InChI is InChI=1S/C14H21N3O3/c1-11(18)17-8-7-16(9-14(17)10-20-2)13-5-3-12(15-19)4-6-13/h3-6,11,14,18H,7-10H2,1-2H3. The number of piperazine rings is 1. The van der Waals surface area contributed by atoms with Crippen molar-refractivity contribution in [3.63, 3.8) is 0 Å². The number of aliphatic hydroxyl groups excluding tert-OH is 1. The molecule has 0 amide bonds. The minimum atomic E-state index is -0.473. The summed E-state index contributed by atoms with van der Waals surface area (Å²) < 4.78 is 5.25. The van der Waals surface area contributed by atoms with Crippen LogP contribution in [0.5, 0.6) is 0 Å². The molecule has 0 saturated carbocycles. The van der Waals surface area contributed by atoms with Gasteiger partial charge in [-0.25, -0.2) is 0 Å². The zero-order valence-corrected chi connectivity index (χ0v) is 11.9. The number of benzene rings is 1. The summed E-state index contributed by atoms with van der Waals surface area (Å²) in [5.41, 5.74) is 1.49. The van der Waals surface area contributed by atoms with Crippen molar-refractivity contribution in [2.24, 2.45) is 5.18 Å². The SMILES string of the molecule is COCC1CN(c2ccc(N=O)cc2)CCN1C(C)O. The maximum absolute atomic E-state index is 10.4. The summed E-state index contributed by atoms with van der Waals surface area (Å²) in [6.07, 6.45) is -0.473. The van der Waals surface area contributed by atoms with Crippen molar-refractivity contribution in [3.05, 3.63) is 29.2 Å². The van der Waals surface area contributed by atoms with Gasteiger partial charge in [0.2, 0.25) is 0 Å². The van der Waals surface area contributed by atoms with Gasteiger partial charge in [-0.1, -0.05) is 0 Å². The molecule has 6 nitrogen and oxygen atoms in total. The predicted octanol–water partition coefficient (Wildman–Crippen LogP) is 1.56. The molecule has 2 rings (SSSR count). The van der Waals surface area contributed by atoms with E-state index in [9.17, 15) is 10.0 Å². The summed E-state index contributed by atoms with van der Waals surface area (Å²) in [5.74, 6) is 0. The number of nitrogens with zero attached hydrogens (tertiary/aromatic N) is 3. The van der Waals surface area contributed by atoms with Gasteiger partial charge in [0, 0.05) is 32.4 Å². The van der Waals surface area contributed by atoms with E-state index >= 15 is 0 Å². The Hall–Kier alpha value is -1.50. The van der Waals surface area contributed by atoms with Crippen molar-refractivity contribution in [1.82, 2.24) is 4.90 Å². The molecule has 1 aromatic carbocycles. The van der Waals surface area contributed by atoms with E-state index < -0.39 is 6.23 Å². The first-order valence-electron chi connectivity index (χ1n) is 6.77. The third kappa shape index (κ3) is 3.33. The normalized spacial score (nSPS) is 21.8. The first-order chi connectivity index (χ1) is 9.65. The molecule has 0 aliphatic carbocycles. The first-order valence-corrected chi connectivity index (χ1v) is 6.77. The second-order valence-corrected chi connectivity index (χ2v) is 5.03. The Kier molecular flexibility index (Phi) is 5.05. The zero-order valence-electron chi connectivity index (χ0n) is 11.9. The second kappa shape index (κ2) is 6.78. The van der Waals surface area contributed by atoms with E-state index in [0.717, 1.165) is 25.3 Å². The molecule has 0 bridgehead atoms. The molecule has 1 N–H and O–H groups in total. The minimum absolute atomic E-state index is 0.151. The number of aliphatic hydroxyl groups is 1. The summed E-state index contributed by atoms with van der Waals surface area (Å²) in [7, 11) is 1.67. The van der Waals surface area contributed by atoms with Gasteiger partial charge < -0.3 is 14.7 Å². The molecule has 6 heteroatoms. The number of hydrogen-bond donors (Lipinski definition) is 1. The fraction of sp³-hybridized carbons (Fsp3) is 0.571. The highest BCUT2D eigenvalue weighted by Crippen LogP contribution is 2.23. The fourth-order valence-electron chi connectivity index (χ4n) is 2.66. The molecule has 1 fully saturated rings. The van der Waals surface area contributed by atoms with Crippen LogP contribution in [0.4, 0.5) is 11.4 Å². The van der Waals surface area contributed by atoms with Crippen molar-refractivity contribution < 1.29 is 9.84 Å². The van der Waals surface area contributed by atoms with Gasteiger partial charge >= 0.3 is 0 Å². The Bertz CT molecular complexity index is 436. The molecule has 1 aromatic rings. The topological polar surface area (TPSA) is 65.4 Å². The number of anilines is 1. The smallest absolute Gasteiger partial charge is 0.108 e. The van der Waals surface area contributed by atoms with E-state index in [1.54, 1.807) is 26.2 Å². The lowest BCUT2D eigenvalue weighted by Gasteiger charge is -2.43. The van der Waals surface area contributed by atoms with Crippen LogP contribution in [0, 0.1) is 4.91 Å². The van der Waals surface area contributed by atoms with Crippen molar-refractivity contribution >= 4 is 11.4 Å². The minimum Gasteiger partial charge on any atom is -0.383 e. The Labute approximate surface area is 118 Å². The average Bonchev–Trinajstić information content (AvgIpc) is 2.47. The van der Waals surface area contributed by atoms with Gasteiger partial charge in [-0.05, 0) is 36.4 Å². The molecule has 1 aliphatic heterocycles. The monoisotopic (exact) mass is 279 g/mol. The van der Waals surface area contributed by atoms with Crippen LogP contribution in [0.25, 0.3) is 0 Å². The number of methoxy groups -OCH3 is 1. The maximum atomic E-state index is 10.4. The summed E-state index contributed by atoms with van der Waals surface area (Å²) in [5, 5.41) is 12.7. The predicted molar refractivity (Wildman–Crippen MR) is 78.2 cm³/mol. The highest BCUT2D eigenvalue weighted by Gasteiger charge is 2.29. The van der Waals surface area contributed by atoms with Crippen molar-refractivity contribution in [3.8, 4) is 0 Å². The van der Waals surface area contributed by atoms with Gasteiger partial charge in [0.1, 0.15) is 11.9 Å². The van der Waals surface area contributed by atoms with Gasteiger partial charge in [0.15, 0.2) is 0 Å². The van der Waals surface area contributed by atoms with E-state index in [-0.39, 0.29) is 6.04 Å². The summed E-state index contributed by atoms with van der Waals surface area (Å²) in [6.45, 7) is 4.75. The molecule has 0 aromatic heterocycles. The Balaban J connectivity index is 2.08. The molecule has 0 spiro atoms. The molecule has 1 aliphatic rings. The summed E-state index contributed by atoms with van der Waals surface area (Å²) in [4.78, 5) is 14.7. The van der Waals surface area contributed by atoms with Gasteiger partial charge in [0.25, 0.3) is 0 Å². The highest BCUT2D eigenvalue weighted by atomic mass is 16.5. The number of rotatable bonds is 5. The average molecular weight is 279 g/mol. The van der Waals surface area contributed by atoms with E-state index in [4.69, 9.17) is 4.74 Å². The first kappa shape index (κ1) is 14.9. The van der Waals surface area contributed by atoms with Crippen LogP contribution in [0.2, 0.25) is 0 Å². The molecular formula is C14H21N3O3. The lowest BCUT2D eigenvalue weighted by Crippen LogP contribution is -2.57. The summed E-state index contributed by atoms with van der Waals surface area (Å²) >= 11 is 0. The molecule has 2 atom stereocenters. The van der Waals surface area contributed by atoms with Crippen LogP contribution < -0.4 is 4.90 Å². The number of nitroso groups, excluding NO2 is 1. The Morgan fingerprint density at radius 3 is 2.65 bits per heavy atom. The quantitative estimate of drug-likeness (QED) is 0.829. The van der Waals surface area contributed by atoms with E-state index in [2.05, 4.69) is 10.1 Å². The van der Waals surface area contributed by atoms with Gasteiger partial charge in [-0.3, -0.25) is 4.90 Å². The second-order valence-electron chi connectivity index (χ2n) is 5.03. The van der Waals surface area contributed by atoms with Crippen LogP contribution >= 0.6 is 0 Å². The maximum Gasteiger partial charge on any atom is 0.108 e. The van der Waals surface area contributed by atoms with E-state index in [1.165, 1.54) is 0 Å². The Morgan fingerprint density at radius 2 is 2.10 bits per heavy atom. The lowest BCUT2D eigenvalue weighted by atomic mass is 10.1. The fourth-order valence-corrected chi connectivity index (χ4v) is 2.66. The van der Waals surface area contributed by atoms with Crippen molar-refractivity contribution in [2.75, 3.05) is 38.3 Å². The van der Waals surface area contributed by atoms with Crippen molar-refractivity contribution in [1.29, 1.82) is 0 Å². The van der Waals surface area contributed by atoms with Crippen LogP contribution in [-0.4, -0.2) is 55.6 Å². The van der Waals surface area contributed by atoms with Gasteiger partial charge in [-0.15, -0.1) is 4.91 Å². The summed E-state index contributed by atoms with van der Waals surface area (Å²) in [6, 6.07) is 7.39. The molecule has 20 heavy (non-hydrogen) atoms. The molecule has 1 heterocycles. The van der Waals surface area contributed by atoms with E-state index in [0.29, 0.717) is 12.3 Å². The zero-order chi connectivity index (χ0) is 14.5. The van der Waals surface area contributed by atoms with Crippen molar-refractivity contribution in [2.45, 2.75) is 19.2 Å². The molecular weight excluding hydrogens is 258 g/mol. The van der Waals surface area contributed by atoms with E-state index in [1.807, 2.05) is 17.0 Å². The number of hydrogen-bond acceptors (Lipinski definition) is 6. The van der Waals surface area contributed by atoms with Crippen LogP contribution in [0.15, 0.2) is 29.4 Å². The lowest BCUT2D eigenvalue weighted by molar-refractivity contribution is -0.0380. The largest absolute Gasteiger partial charge is 0.383 e. The molecule has 2 unspecified atom stereocenters. The molecule has 110 valence electrons. The molecule has 0 radical (unpaired) electrons. The number of ether oxygens (including phenoxy) is 1. The molecule has 1 saturated heterocycles. The van der Waals surface area contributed by atoms with Crippen LogP contribution in [0.1, 0.15) is 6.92 Å². The third-order valence-corrected chi connectivity index (χ3v) is 3.69. The third-order valence-electron chi connectivity index (χ3n) is 3.69. The Morgan fingerprint density at radius 1 is 1.40 bits per heavy atom. The van der Waals surface area contributed by atoms with Gasteiger partial charge in [0.05, 0.1) is 12.6 Å². The highest BCUT2D eigenvalue weighted by molar-refractivity contribution is 5.53. The van der Waals surface area contributed by atoms with Gasteiger partial charge in [-0.2, -0.15) is 0 Å². The van der Waals surface area contributed by atoms with Crippen LogP contribution in [-0.2, 0) is 4.74 Å². The van der Waals surface area contributed by atoms with Crippen LogP contribution in [0.3, 0.4) is 0 Å².